The van der Waals surface area contributed by atoms with Crippen LogP contribution in [0, 0.1) is 13.8 Å². The van der Waals surface area contributed by atoms with Crippen LogP contribution >= 0.6 is 0 Å². The fraction of sp³-hybridized carbons (Fsp3) is 0.476. The number of amides is 2. The number of rotatable bonds is 5. The number of pyridine rings is 1. The van der Waals surface area contributed by atoms with Gasteiger partial charge in [-0.3, -0.25) is 14.6 Å². The monoisotopic (exact) mass is 385 g/mol. The van der Waals surface area contributed by atoms with Crippen LogP contribution in [0.3, 0.4) is 0 Å². The highest BCUT2D eigenvalue weighted by Crippen LogP contribution is 2.23. The van der Waals surface area contributed by atoms with Crippen LogP contribution in [0.15, 0.2) is 35.0 Å². The number of likely N-dealkylation sites (tertiary alicyclic amines) is 1. The lowest BCUT2D eigenvalue weighted by atomic mass is 9.94. The molecule has 7 heteroatoms. The van der Waals surface area contributed by atoms with Crippen molar-refractivity contribution >= 4 is 11.8 Å². The van der Waals surface area contributed by atoms with Gasteiger partial charge in [0.2, 0.25) is 5.91 Å². The molecule has 2 aromatic heterocycles. The normalized spacial score (nSPS) is 19.9. The largest absolute Gasteiger partial charge is 0.466 e. The van der Waals surface area contributed by atoms with Crippen molar-refractivity contribution in [1.29, 1.82) is 0 Å². The van der Waals surface area contributed by atoms with Gasteiger partial charge in [0, 0.05) is 32.0 Å². The molecule has 0 spiro atoms. The molecule has 1 aliphatic rings. The fourth-order valence-corrected chi connectivity index (χ4v) is 3.59. The highest BCUT2D eigenvalue weighted by atomic mass is 16.3. The van der Waals surface area contributed by atoms with Gasteiger partial charge in [-0.05, 0) is 50.8 Å². The molecule has 0 aromatic carbocycles. The van der Waals surface area contributed by atoms with Crippen molar-refractivity contribution in [3.8, 4) is 0 Å². The number of nitrogens with zero attached hydrogens (tertiary/aromatic N) is 2. The third-order valence-electron chi connectivity index (χ3n) is 5.21. The number of aromatic nitrogens is 1. The molecule has 0 radical (unpaired) electrons. The highest BCUT2D eigenvalue weighted by molar-refractivity contribution is 5.95. The van der Waals surface area contributed by atoms with E-state index in [0.717, 1.165) is 5.56 Å². The Morgan fingerprint density at radius 3 is 2.82 bits per heavy atom. The average molecular weight is 385 g/mol. The fourth-order valence-electron chi connectivity index (χ4n) is 3.59. The molecular weight excluding hydrogens is 358 g/mol. The quantitative estimate of drug-likeness (QED) is 0.821. The van der Waals surface area contributed by atoms with Crippen LogP contribution in [0.2, 0.25) is 0 Å². The number of aryl methyl sites for hydroxylation is 2. The van der Waals surface area contributed by atoms with Crippen LogP contribution in [-0.2, 0) is 11.2 Å². The van der Waals surface area contributed by atoms with Gasteiger partial charge in [-0.1, -0.05) is 6.07 Å². The van der Waals surface area contributed by atoms with Crippen molar-refractivity contribution in [3.05, 3.63) is 53.2 Å². The second-order valence-corrected chi connectivity index (χ2v) is 7.51. The summed E-state index contributed by atoms with van der Waals surface area (Å²) < 4.78 is 5.39. The van der Waals surface area contributed by atoms with E-state index in [0.29, 0.717) is 55.9 Å². The predicted molar refractivity (Wildman–Crippen MR) is 104 cm³/mol. The van der Waals surface area contributed by atoms with Gasteiger partial charge in [-0.2, -0.15) is 0 Å². The van der Waals surface area contributed by atoms with E-state index in [1.165, 1.54) is 0 Å². The molecule has 0 unspecified atom stereocenters. The molecule has 3 rings (SSSR count). The van der Waals surface area contributed by atoms with Crippen molar-refractivity contribution in [3.63, 3.8) is 0 Å². The third-order valence-corrected chi connectivity index (χ3v) is 5.21. The highest BCUT2D eigenvalue weighted by Gasteiger charge is 2.32. The Bertz CT molecular complexity index is 833. The number of nitrogens with one attached hydrogen (secondary N) is 1. The minimum atomic E-state index is -1.02. The van der Waals surface area contributed by atoms with Crippen LogP contribution in [-0.4, -0.2) is 52.0 Å². The first-order valence-electron chi connectivity index (χ1n) is 9.61. The Labute approximate surface area is 164 Å². The molecule has 1 fully saturated rings. The number of aliphatic hydroxyl groups is 1. The summed E-state index contributed by atoms with van der Waals surface area (Å²) in [5.74, 6) is 1.02. The minimum Gasteiger partial charge on any atom is -0.466 e. The number of hydrogen-bond donors (Lipinski definition) is 2. The summed E-state index contributed by atoms with van der Waals surface area (Å²) in [6.45, 7) is 4.76. The van der Waals surface area contributed by atoms with Gasteiger partial charge in [0.15, 0.2) is 0 Å². The Balaban J connectivity index is 1.54. The van der Waals surface area contributed by atoms with E-state index in [1.54, 1.807) is 37.2 Å². The Hall–Kier alpha value is -2.67. The van der Waals surface area contributed by atoms with Gasteiger partial charge >= 0.3 is 0 Å². The van der Waals surface area contributed by atoms with Crippen LogP contribution in [0.4, 0.5) is 0 Å². The molecule has 0 saturated carbocycles. The molecule has 2 amide bonds. The van der Waals surface area contributed by atoms with E-state index in [4.69, 9.17) is 4.42 Å². The van der Waals surface area contributed by atoms with E-state index in [1.807, 2.05) is 12.1 Å². The molecule has 28 heavy (non-hydrogen) atoms. The number of carbonyl (C=O) groups excluding carboxylic acids is 2. The summed E-state index contributed by atoms with van der Waals surface area (Å²) in [5, 5.41) is 13.7. The predicted octanol–water partition coefficient (Wildman–Crippen LogP) is 2.01. The standard InChI is InChI=1S/C21H27N3O4/c1-15-11-18(16(2)28-15)20(26)23-14-21(27)6-4-9-24(10-7-21)19(25)12-17-5-3-8-22-13-17/h3,5,8,11,13,27H,4,6-7,9-10,12,14H2,1-2H3,(H,23,26)/t21-/m1/s1. The number of carbonyl (C=O) groups is 2. The third kappa shape index (κ3) is 4.98. The van der Waals surface area contributed by atoms with E-state index < -0.39 is 5.60 Å². The van der Waals surface area contributed by atoms with Crippen LogP contribution < -0.4 is 5.32 Å². The SMILES string of the molecule is Cc1cc(C(=O)NC[C@@]2(O)CCCN(C(=O)Cc3cccnc3)CC2)c(C)o1. The maximum Gasteiger partial charge on any atom is 0.254 e. The molecular formula is C21H27N3O4. The van der Waals surface area contributed by atoms with Crippen molar-refractivity contribution in [2.45, 2.75) is 45.1 Å². The minimum absolute atomic E-state index is 0.0331. The Morgan fingerprint density at radius 2 is 2.14 bits per heavy atom. The van der Waals surface area contributed by atoms with Crippen molar-refractivity contribution in [1.82, 2.24) is 15.2 Å². The van der Waals surface area contributed by atoms with Crippen LogP contribution in [0.5, 0.6) is 0 Å². The summed E-state index contributed by atoms with van der Waals surface area (Å²) in [7, 11) is 0. The first kappa shape index (κ1) is 20.1. The van der Waals surface area contributed by atoms with Crippen LogP contribution in [0.25, 0.3) is 0 Å². The smallest absolute Gasteiger partial charge is 0.254 e. The van der Waals surface area contributed by atoms with E-state index in [-0.39, 0.29) is 18.4 Å². The first-order chi connectivity index (χ1) is 13.4. The summed E-state index contributed by atoms with van der Waals surface area (Å²) in [6, 6.07) is 5.39. The van der Waals surface area contributed by atoms with Gasteiger partial charge in [-0.25, -0.2) is 0 Å². The van der Waals surface area contributed by atoms with Crippen molar-refractivity contribution in [2.24, 2.45) is 0 Å². The summed E-state index contributed by atoms with van der Waals surface area (Å²) >= 11 is 0. The van der Waals surface area contributed by atoms with Gasteiger partial charge < -0.3 is 19.7 Å². The zero-order chi connectivity index (χ0) is 20.1. The molecule has 0 aliphatic carbocycles. The lowest BCUT2D eigenvalue weighted by Gasteiger charge is -2.27. The Kier molecular flexibility index (Phi) is 6.14. The van der Waals surface area contributed by atoms with Gasteiger partial charge in [0.1, 0.15) is 11.5 Å². The van der Waals surface area contributed by atoms with E-state index >= 15 is 0 Å². The van der Waals surface area contributed by atoms with Crippen LogP contribution in [0.1, 0.15) is 46.7 Å². The second kappa shape index (κ2) is 8.56. The topological polar surface area (TPSA) is 95.7 Å². The van der Waals surface area contributed by atoms with E-state index in [2.05, 4.69) is 10.3 Å². The molecule has 1 atom stereocenters. The lowest BCUT2D eigenvalue weighted by molar-refractivity contribution is -0.130. The van der Waals surface area contributed by atoms with Gasteiger partial charge in [0.05, 0.1) is 17.6 Å². The number of furan rings is 1. The van der Waals surface area contributed by atoms with Crippen molar-refractivity contribution in [2.75, 3.05) is 19.6 Å². The van der Waals surface area contributed by atoms with Crippen molar-refractivity contribution < 1.29 is 19.1 Å². The molecule has 3 heterocycles. The molecule has 1 saturated heterocycles. The molecule has 2 N–H and O–H groups in total. The summed E-state index contributed by atoms with van der Waals surface area (Å²) in [4.78, 5) is 30.8. The summed E-state index contributed by atoms with van der Waals surface area (Å²) in [5.41, 5.74) is 0.346. The molecule has 1 aliphatic heterocycles. The summed E-state index contributed by atoms with van der Waals surface area (Å²) in [6.07, 6.45) is 5.34. The lowest BCUT2D eigenvalue weighted by Crippen LogP contribution is -2.44. The molecule has 150 valence electrons. The zero-order valence-corrected chi connectivity index (χ0v) is 16.4. The average Bonchev–Trinajstić information content (AvgIpc) is 2.88. The zero-order valence-electron chi connectivity index (χ0n) is 16.4. The van der Waals surface area contributed by atoms with Gasteiger partial charge in [-0.15, -0.1) is 0 Å². The second-order valence-electron chi connectivity index (χ2n) is 7.51. The molecule has 2 aromatic rings. The molecule has 0 bridgehead atoms. The maximum atomic E-state index is 12.6. The Morgan fingerprint density at radius 1 is 1.32 bits per heavy atom. The first-order valence-corrected chi connectivity index (χ1v) is 9.61. The van der Waals surface area contributed by atoms with E-state index in [9.17, 15) is 14.7 Å². The molecule has 7 nitrogen and oxygen atoms in total. The van der Waals surface area contributed by atoms with Gasteiger partial charge in [0.25, 0.3) is 5.91 Å². The number of hydrogen-bond acceptors (Lipinski definition) is 5. The maximum absolute atomic E-state index is 12.6.